The molecule has 0 unspecified atom stereocenters. The van der Waals surface area contributed by atoms with Gasteiger partial charge in [-0.15, -0.1) is 0 Å². The Morgan fingerprint density at radius 2 is 2.00 bits per heavy atom. The van der Waals surface area contributed by atoms with Gasteiger partial charge in [0.15, 0.2) is 11.5 Å². The van der Waals surface area contributed by atoms with Crippen LogP contribution in [0.5, 0.6) is 11.5 Å². The molecule has 0 aliphatic carbocycles. The Balaban J connectivity index is 1.76. The summed E-state index contributed by atoms with van der Waals surface area (Å²) in [7, 11) is 0. The maximum absolute atomic E-state index is 6.22. The summed E-state index contributed by atoms with van der Waals surface area (Å²) in [4.78, 5) is 0. The first-order chi connectivity index (χ1) is 9.72. The number of ether oxygens (including phenoxy) is 2. The van der Waals surface area contributed by atoms with E-state index in [1.807, 2.05) is 24.3 Å². The van der Waals surface area contributed by atoms with E-state index >= 15 is 0 Å². The van der Waals surface area contributed by atoms with E-state index in [-0.39, 0.29) is 0 Å². The Morgan fingerprint density at radius 1 is 1.15 bits per heavy atom. The van der Waals surface area contributed by atoms with Crippen LogP contribution in [0.15, 0.2) is 36.4 Å². The number of nitrogens with one attached hydrogen (secondary N) is 1. The van der Waals surface area contributed by atoms with Crippen molar-refractivity contribution in [2.45, 2.75) is 13.5 Å². The number of rotatable bonds is 3. The Hall–Kier alpha value is -1.87. The number of hydrogen-bond donors (Lipinski definition) is 1. The zero-order valence-corrected chi connectivity index (χ0v) is 12.0. The van der Waals surface area contributed by atoms with E-state index in [0.717, 1.165) is 17.0 Å². The fourth-order valence-corrected chi connectivity index (χ4v) is 2.51. The second-order valence-corrected chi connectivity index (χ2v) is 5.23. The molecule has 3 rings (SSSR count). The SMILES string of the molecule is Cc1cccc(NCc2cc(Cl)c3c(c2)OCCO3)c1. The van der Waals surface area contributed by atoms with Gasteiger partial charge < -0.3 is 14.8 Å². The molecule has 0 spiro atoms. The fourth-order valence-electron chi connectivity index (χ4n) is 2.23. The van der Waals surface area contributed by atoms with E-state index < -0.39 is 0 Å². The molecule has 3 nitrogen and oxygen atoms in total. The lowest BCUT2D eigenvalue weighted by Crippen LogP contribution is -2.16. The van der Waals surface area contributed by atoms with E-state index in [4.69, 9.17) is 21.1 Å². The molecule has 1 N–H and O–H groups in total. The number of halogens is 1. The second-order valence-electron chi connectivity index (χ2n) is 4.82. The molecular formula is C16H16ClNO2. The van der Waals surface area contributed by atoms with Gasteiger partial charge in [0.1, 0.15) is 13.2 Å². The van der Waals surface area contributed by atoms with Crippen molar-refractivity contribution in [3.05, 3.63) is 52.5 Å². The van der Waals surface area contributed by atoms with Gasteiger partial charge in [-0.25, -0.2) is 0 Å². The molecule has 1 heterocycles. The predicted molar refractivity (Wildman–Crippen MR) is 80.9 cm³/mol. The maximum Gasteiger partial charge on any atom is 0.179 e. The van der Waals surface area contributed by atoms with Crippen LogP contribution >= 0.6 is 11.6 Å². The van der Waals surface area contributed by atoms with Crippen LogP contribution in [0.3, 0.4) is 0 Å². The summed E-state index contributed by atoms with van der Waals surface area (Å²) in [5, 5.41) is 3.98. The van der Waals surface area contributed by atoms with Crippen LogP contribution in [0.1, 0.15) is 11.1 Å². The standard InChI is InChI=1S/C16H16ClNO2/c1-11-3-2-4-13(7-11)18-10-12-8-14(17)16-15(9-12)19-5-6-20-16/h2-4,7-9,18H,5-6,10H2,1H3. The van der Waals surface area contributed by atoms with Crippen LogP contribution in [0.25, 0.3) is 0 Å². The molecule has 1 aliphatic rings. The molecule has 0 atom stereocenters. The minimum absolute atomic E-state index is 0.549. The van der Waals surface area contributed by atoms with Crippen molar-refractivity contribution >= 4 is 17.3 Å². The highest BCUT2D eigenvalue weighted by molar-refractivity contribution is 6.32. The maximum atomic E-state index is 6.22. The highest BCUT2D eigenvalue weighted by Gasteiger charge is 2.16. The number of anilines is 1. The number of hydrogen-bond acceptors (Lipinski definition) is 3. The Morgan fingerprint density at radius 3 is 2.85 bits per heavy atom. The van der Waals surface area contributed by atoms with Gasteiger partial charge in [0.25, 0.3) is 0 Å². The van der Waals surface area contributed by atoms with Gasteiger partial charge >= 0.3 is 0 Å². The van der Waals surface area contributed by atoms with E-state index in [1.165, 1.54) is 5.56 Å². The van der Waals surface area contributed by atoms with Crippen LogP contribution in [-0.4, -0.2) is 13.2 Å². The van der Waals surface area contributed by atoms with Crippen molar-refractivity contribution in [2.75, 3.05) is 18.5 Å². The topological polar surface area (TPSA) is 30.5 Å². The van der Waals surface area contributed by atoms with Gasteiger partial charge in [0.2, 0.25) is 0 Å². The lowest BCUT2D eigenvalue weighted by molar-refractivity contribution is 0.171. The van der Waals surface area contributed by atoms with E-state index in [1.54, 1.807) is 0 Å². The lowest BCUT2D eigenvalue weighted by Gasteiger charge is -2.20. The first-order valence-corrected chi connectivity index (χ1v) is 6.99. The van der Waals surface area contributed by atoms with E-state index in [2.05, 4.69) is 24.4 Å². The summed E-state index contributed by atoms with van der Waals surface area (Å²) >= 11 is 6.22. The summed E-state index contributed by atoms with van der Waals surface area (Å²) in [6.45, 7) is 3.89. The van der Waals surface area contributed by atoms with Gasteiger partial charge in [-0.3, -0.25) is 0 Å². The van der Waals surface area contributed by atoms with E-state index in [0.29, 0.717) is 30.5 Å². The average Bonchev–Trinajstić information content (AvgIpc) is 2.45. The van der Waals surface area contributed by atoms with Crippen molar-refractivity contribution in [2.24, 2.45) is 0 Å². The van der Waals surface area contributed by atoms with Crippen molar-refractivity contribution < 1.29 is 9.47 Å². The zero-order chi connectivity index (χ0) is 13.9. The Bertz CT molecular complexity index is 628. The van der Waals surface area contributed by atoms with E-state index in [9.17, 15) is 0 Å². The highest BCUT2D eigenvalue weighted by Crippen LogP contribution is 2.38. The summed E-state index contributed by atoms with van der Waals surface area (Å²) < 4.78 is 11.1. The largest absolute Gasteiger partial charge is 0.486 e. The Labute approximate surface area is 123 Å². The Kier molecular flexibility index (Phi) is 3.70. The smallest absolute Gasteiger partial charge is 0.179 e. The number of aryl methyl sites for hydroxylation is 1. The highest BCUT2D eigenvalue weighted by atomic mass is 35.5. The molecule has 0 aromatic heterocycles. The van der Waals surface area contributed by atoms with Gasteiger partial charge in [-0.2, -0.15) is 0 Å². The van der Waals surface area contributed by atoms with Gasteiger partial charge in [0.05, 0.1) is 5.02 Å². The first-order valence-electron chi connectivity index (χ1n) is 6.61. The predicted octanol–water partition coefficient (Wildman–Crippen LogP) is 4.03. The zero-order valence-electron chi connectivity index (χ0n) is 11.3. The third kappa shape index (κ3) is 2.83. The third-order valence-corrected chi connectivity index (χ3v) is 3.45. The van der Waals surface area contributed by atoms with Crippen LogP contribution in [0.4, 0.5) is 5.69 Å². The molecule has 0 saturated carbocycles. The fraction of sp³-hybridized carbons (Fsp3) is 0.250. The molecule has 4 heteroatoms. The van der Waals surface area contributed by atoms with Crippen LogP contribution in [0, 0.1) is 6.92 Å². The summed E-state index contributed by atoms with van der Waals surface area (Å²) in [6, 6.07) is 12.2. The van der Waals surface area contributed by atoms with Crippen molar-refractivity contribution in [3.63, 3.8) is 0 Å². The van der Waals surface area contributed by atoms with Gasteiger partial charge in [-0.05, 0) is 42.3 Å². The van der Waals surface area contributed by atoms with Crippen molar-refractivity contribution in [3.8, 4) is 11.5 Å². The third-order valence-electron chi connectivity index (χ3n) is 3.17. The summed E-state index contributed by atoms with van der Waals surface area (Å²) in [5.74, 6) is 1.38. The van der Waals surface area contributed by atoms with Gasteiger partial charge in [-0.1, -0.05) is 23.7 Å². The quantitative estimate of drug-likeness (QED) is 0.925. The van der Waals surface area contributed by atoms with Crippen LogP contribution in [-0.2, 0) is 6.54 Å². The molecule has 0 saturated heterocycles. The molecule has 0 bridgehead atoms. The molecule has 0 amide bonds. The van der Waals surface area contributed by atoms with Crippen molar-refractivity contribution in [1.29, 1.82) is 0 Å². The van der Waals surface area contributed by atoms with Crippen molar-refractivity contribution in [1.82, 2.24) is 0 Å². The number of fused-ring (bicyclic) bond motifs is 1. The van der Waals surface area contributed by atoms with Crippen LogP contribution in [0.2, 0.25) is 5.02 Å². The summed E-state index contributed by atoms with van der Waals surface area (Å²) in [5.41, 5.74) is 3.40. The normalized spacial score (nSPS) is 13.1. The molecule has 0 radical (unpaired) electrons. The molecular weight excluding hydrogens is 274 g/mol. The molecule has 1 aliphatic heterocycles. The molecule has 20 heavy (non-hydrogen) atoms. The lowest BCUT2D eigenvalue weighted by atomic mass is 10.1. The monoisotopic (exact) mass is 289 g/mol. The van der Waals surface area contributed by atoms with Gasteiger partial charge in [0, 0.05) is 12.2 Å². The minimum atomic E-state index is 0.549. The molecule has 0 fully saturated rings. The second kappa shape index (κ2) is 5.63. The molecule has 2 aromatic carbocycles. The molecule has 104 valence electrons. The molecule has 2 aromatic rings. The first kappa shape index (κ1) is 13.1. The average molecular weight is 290 g/mol. The number of benzene rings is 2. The van der Waals surface area contributed by atoms with Crippen LogP contribution < -0.4 is 14.8 Å². The summed E-state index contributed by atoms with van der Waals surface area (Å²) in [6.07, 6.45) is 0. The minimum Gasteiger partial charge on any atom is -0.486 e.